The first-order valence-electron chi connectivity index (χ1n) is 7.62. The number of alkyl halides is 3. The maximum atomic E-state index is 12.8. The first-order valence-corrected chi connectivity index (χ1v) is 7.62. The van der Waals surface area contributed by atoms with Crippen LogP contribution in [0.25, 0.3) is 11.4 Å². The van der Waals surface area contributed by atoms with Gasteiger partial charge in [-0.3, -0.25) is 4.79 Å². The van der Waals surface area contributed by atoms with E-state index in [-0.39, 0.29) is 17.3 Å². The lowest BCUT2D eigenvalue weighted by Crippen LogP contribution is -2.34. The molecular formula is C15H16F3N5O. The fourth-order valence-corrected chi connectivity index (χ4v) is 2.64. The Morgan fingerprint density at radius 3 is 2.62 bits per heavy atom. The highest BCUT2D eigenvalue weighted by Crippen LogP contribution is 2.31. The molecule has 2 aromatic rings. The van der Waals surface area contributed by atoms with Gasteiger partial charge in [0.1, 0.15) is 6.04 Å². The van der Waals surface area contributed by atoms with Gasteiger partial charge >= 0.3 is 6.18 Å². The molecule has 0 bridgehead atoms. The van der Waals surface area contributed by atoms with Crippen LogP contribution >= 0.6 is 0 Å². The van der Waals surface area contributed by atoms with Crippen LogP contribution in [0.3, 0.4) is 0 Å². The van der Waals surface area contributed by atoms with E-state index >= 15 is 0 Å². The zero-order chi connectivity index (χ0) is 17.3. The van der Waals surface area contributed by atoms with E-state index < -0.39 is 17.8 Å². The summed E-state index contributed by atoms with van der Waals surface area (Å²) in [5.74, 6) is -0.0531. The molecular weight excluding hydrogens is 323 g/mol. The topological polar surface area (TPSA) is 63.9 Å². The van der Waals surface area contributed by atoms with E-state index in [0.717, 1.165) is 29.8 Å². The maximum absolute atomic E-state index is 12.8. The van der Waals surface area contributed by atoms with Crippen molar-refractivity contribution in [3.8, 4) is 11.4 Å². The average Bonchev–Trinajstić information content (AvgIpc) is 3.24. The largest absolute Gasteiger partial charge is 0.416 e. The zero-order valence-electron chi connectivity index (χ0n) is 13.0. The molecule has 3 rings (SSSR count). The highest BCUT2D eigenvalue weighted by Gasteiger charge is 2.31. The third kappa shape index (κ3) is 3.24. The summed E-state index contributed by atoms with van der Waals surface area (Å²) >= 11 is 0. The first kappa shape index (κ1) is 16.4. The number of rotatable bonds is 3. The minimum atomic E-state index is -4.44. The molecule has 1 fully saturated rings. The Labute approximate surface area is 136 Å². The number of likely N-dealkylation sites (tertiary alicyclic amines) is 1. The summed E-state index contributed by atoms with van der Waals surface area (Å²) in [6.07, 6.45) is -2.50. The number of benzene rings is 1. The second-order valence-electron chi connectivity index (χ2n) is 5.72. The maximum Gasteiger partial charge on any atom is 0.416 e. The van der Waals surface area contributed by atoms with E-state index in [1.165, 1.54) is 12.1 Å². The molecule has 1 aliphatic heterocycles. The Morgan fingerprint density at radius 1 is 1.25 bits per heavy atom. The normalized spacial score (nSPS) is 16.4. The summed E-state index contributed by atoms with van der Waals surface area (Å²) in [5.41, 5.74) is -0.575. The summed E-state index contributed by atoms with van der Waals surface area (Å²) in [7, 11) is 0. The molecule has 1 aromatic carbocycles. The lowest BCUT2D eigenvalue weighted by atomic mass is 10.1. The monoisotopic (exact) mass is 339 g/mol. The van der Waals surface area contributed by atoms with Gasteiger partial charge in [0, 0.05) is 18.7 Å². The summed E-state index contributed by atoms with van der Waals surface area (Å²) in [4.78, 5) is 15.2. The van der Waals surface area contributed by atoms with Gasteiger partial charge in [-0.25, -0.2) is 0 Å². The number of hydrogen-bond acceptors (Lipinski definition) is 4. The van der Waals surface area contributed by atoms with E-state index in [9.17, 15) is 18.0 Å². The number of amides is 1. The van der Waals surface area contributed by atoms with Crippen LogP contribution in [0, 0.1) is 0 Å². The van der Waals surface area contributed by atoms with E-state index in [0.29, 0.717) is 13.1 Å². The summed E-state index contributed by atoms with van der Waals surface area (Å²) in [6.45, 7) is 3.06. The van der Waals surface area contributed by atoms with Crippen molar-refractivity contribution < 1.29 is 18.0 Å². The van der Waals surface area contributed by atoms with Crippen LogP contribution in [0.4, 0.5) is 13.2 Å². The molecule has 0 N–H and O–H groups in total. The predicted molar refractivity (Wildman–Crippen MR) is 78.8 cm³/mol. The van der Waals surface area contributed by atoms with Crippen LogP contribution in [0.2, 0.25) is 0 Å². The van der Waals surface area contributed by atoms with Gasteiger partial charge in [0.05, 0.1) is 5.56 Å². The van der Waals surface area contributed by atoms with Gasteiger partial charge in [-0.05, 0) is 37.1 Å². The molecule has 0 spiro atoms. The van der Waals surface area contributed by atoms with Gasteiger partial charge < -0.3 is 4.90 Å². The molecule has 0 saturated carbocycles. The Kier molecular flexibility index (Phi) is 4.25. The van der Waals surface area contributed by atoms with Crippen molar-refractivity contribution in [2.24, 2.45) is 0 Å². The Bertz CT molecular complexity index is 737. The van der Waals surface area contributed by atoms with E-state index in [1.54, 1.807) is 11.8 Å². The van der Waals surface area contributed by atoms with Crippen LogP contribution in [-0.4, -0.2) is 44.1 Å². The molecule has 0 aliphatic carbocycles. The van der Waals surface area contributed by atoms with Gasteiger partial charge in [0.2, 0.25) is 11.7 Å². The molecule has 6 nitrogen and oxygen atoms in total. The number of hydrogen-bond donors (Lipinski definition) is 0. The molecule has 1 unspecified atom stereocenters. The number of nitrogens with zero attached hydrogens (tertiary/aromatic N) is 5. The minimum Gasteiger partial charge on any atom is -0.341 e. The second kappa shape index (κ2) is 6.21. The second-order valence-corrected chi connectivity index (χ2v) is 5.72. The Hall–Kier alpha value is -2.45. The zero-order valence-corrected chi connectivity index (χ0v) is 13.0. The van der Waals surface area contributed by atoms with Crippen LogP contribution in [0.5, 0.6) is 0 Å². The Balaban J connectivity index is 1.81. The van der Waals surface area contributed by atoms with Crippen molar-refractivity contribution in [3.05, 3.63) is 29.8 Å². The van der Waals surface area contributed by atoms with Crippen LogP contribution in [-0.2, 0) is 11.0 Å². The molecule has 24 heavy (non-hydrogen) atoms. The van der Waals surface area contributed by atoms with Crippen molar-refractivity contribution >= 4 is 5.91 Å². The SMILES string of the molecule is CC(C(=O)N1CCCC1)n1nnc(-c2cccc(C(F)(F)F)c2)n1. The third-order valence-electron chi connectivity index (χ3n) is 4.00. The van der Waals surface area contributed by atoms with E-state index in [1.807, 2.05) is 0 Å². The summed E-state index contributed by atoms with van der Waals surface area (Å²) < 4.78 is 38.4. The van der Waals surface area contributed by atoms with E-state index in [4.69, 9.17) is 0 Å². The quantitative estimate of drug-likeness (QED) is 0.862. The van der Waals surface area contributed by atoms with Gasteiger partial charge in [-0.2, -0.15) is 18.0 Å². The van der Waals surface area contributed by atoms with Gasteiger partial charge in [-0.1, -0.05) is 12.1 Å². The number of halogens is 3. The standard InChI is InChI=1S/C15H16F3N5O/c1-10(14(24)22-7-2-3-8-22)23-20-13(19-21-23)11-5-4-6-12(9-11)15(16,17)18/h4-6,9-10H,2-3,7-8H2,1H3. The van der Waals surface area contributed by atoms with Crippen molar-refractivity contribution in [3.63, 3.8) is 0 Å². The smallest absolute Gasteiger partial charge is 0.341 e. The van der Waals surface area contributed by atoms with Crippen molar-refractivity contribution in [1.29, 1.82) is 0 Å². The molecule has 1 atom stereocenters. The predicted octanol–water partition coefficient (Wildman–Crippen LogP) is 2.54. The molecule has 128 valence electrons. The molecule has 0 radical (unpaired) electrons. The molecule has 2 heterocycles. The fraction of sp³-hybridized carbons (Fsp3) is 0.467. The van der Waals surface area contributed by atoms with Crippen molar-refractivity contribution in [2.45, 2.75) is 32.0 Å². The molecule has 1 saturated heterocycles. The number of aromatic nitrogens is 4. The number of tetrazole rings is 1. The van der Waals surface area contributed by atoms with Crippen LogP contribution in [0.1, 0.15) is 31.4 Å². The molecule has 9 heteroatoms. The summed E-state index contributed by atoms with van der Waals surface area (Å²) in [5, 5.41) is 11.7. The van der Waals surface area contributed by atoms with Crippen molar-refractivity contribution in [2.75, 3.05) is 13.1 Å². The molecule has 1 amide bonds. The first-order chi connectivity index (χ1) is 11.4. The van der Waals surface area contributed by atoms with Gasteiger partial charge in [0.25, 0.3) is 0 Å². The summed E-state index contributed by atoms with van der Waals surface area (Å²) in [6, 6.07) is 4.07. The fourth-order valence-electron chi connectivity index (χ4n) is 2.64. The highest BCUT2D eigenvalue weighted by atomic mass is 19.4. The van der Waals surface area contributed by atoms with E-state index in [2.05, 4.69) is 15.4 Å². The van der Waals surface area contributed by atoms with Gasteiger partial charge in [-0.15, -0.1) is 10.2 Å². The lowest BCUT2D eigenvalue weighted by molar-refractivity contribution is -0.137. The highest BCUT2D eigenvalue weighted by molar-refractivity contribution is 5.80. The molecule has 1 aliphatic rings. The van der Waals surface area contributed by atoms with Crippen molar-refractivity contribution in [1.82, 2.24) is 25.1 Å². The number of carbonyl (C=O) groups excluding carboxylic acids is 1. The lowest BCUT2D eigenvalue weighted by Gasteiger charge is -2.19. The van der Waals surface area contributed by atoms with Crippen LogP contribution in [0.15, 0.2) is 24.3 Å². The molecule has 1 aromatic heterocycles. The minimum absolute atomic E-state index is 0.0576. The Morgan fingerprint density at radius 2 is 1.96 bits per heavy atom. The van der Waals surface area contributed by atoms with Gasteiger partial charge in [0.15, 0.2) is 0 Å². The third-order valence-corrected chi connectivity index (χ3v) is 4.00. The average molecular weight is 339 g/mol. The van der Waals surface area contributed by atoms with Crippen LogP contribution < -0.4 is 0 Å². The number of carbonyl (C=O) groups is 1.